The number of halogens is 1. The molecule has 2 aromatic carbocycles. The number of aromatic amines is 1. The van der Waals surface area contributed by atoms with Gasteiger partial charge in [0, 0.05) is 11.1 Å². The van der Waals surface area contributed by atoms with Crippen LogP contribution in [0.25, 0.3) is 22.2 Å². The summed E-state index contributed by atoms with van der Waals surface area (Å²) < 4.78 is 5.15. The molecule has 3 aromatic rings. The van der Waals surface area contributed by atoms with Gasteiger partial charge in [-0.1, -0.05) is 23.7 Å². The zero-order valence-corrected chi connectivity index (χ0v) is 10.7. The maximum absolute atomic E-state index is 6.15. The van der Waals surface area contributed by atoms with E-state index >= 15 is 0 Å². The molecule has 0 atom stereocenters. The second kappa shape index (κ2) is 4.39. The highest BCUT2D eigenvalue weighted by molar-refractivity contribution is 6.35. The first-order valence-corrected chi connectivity index (χ1v) is 6.07. The van der Waals surface area contributed by atoms with E-state index in [0.29, 0.717) is 0 Å². The number of para-hydroxylation sites is 1. The van der Waals surface area contributed by atoms with Gasteiger partial charge >= 0.3 is 0 Å². The summed E-state index contributed by atoms with van der Waals surface area (Å²) in [5, 5.41) is 1.86. The summed E-state index contributed by atoms with van der Waals surface area (Å²) >= 11 is 6.15. The maximum atomic E-state index is 6.15. The predicted molar refractivity (Wildman–Crippen MR) is 75.3 cm³/mol. The number of nitrogens with one attached hydrogen (secondary N) is 1. The highest BCUT2D eigenvalue weighted by Crippen LogP contribution is 2.29. The highest BCUT2D eigenvalue weighted by atomic mass is 35.5. The topological polar surface area (TPSA) is 25.0 Å². The van der Waals surface area contributed by atoms with E-state index in [0.717, 1.165) is 32.9 Å². The summed E-state index contributed by atoms with van der Waals surface area (Å²) in [6, 6.07) is 15.9. The summed E-state index contributed by atoms with van der Waals surface area (Å²) in [6.07, 6.45) is 0. The van der Waals surface area contributed by atoms with Crippen LogP contribution in [0.5, 0.6) is 5.75 Å². The van der Waals surface area contributed by atoms with E-state index in [9.17, 15) is 0 Å². The molecule has 1 N–H and O–H groups in total. The molecule has 0 aliphatic rings. The van der Waals surface area contributed by atoms with Gasteiger partial charge in [0.05, 0.1) is 17.6 Å². The van der Waals surface area contributed by atoms with E-state index < -0.39 is 0 Å². The third kappa shape index (κ3) is 1.85. The molecule has 3 heteroatoms. The molecule has 2 nitrogen and oxygen atoms in total. The molecule has 0 saturated heterocycles. The minimum Gasteiger partial charge on any atom is -0.497 e. The summed E-state index contributed by atoms with van der Waals surface area (Å²) in [4.78, 5) is 3.34. The Bertz CT molecular complexity index is 685. The lowest BCUT2D eigenvalue weighted by atomic mass is 10.1. The fraction of sp³-hybridized carbons (Fsp3) is 0.0667. The van der Waals surface area contributed by atoms with Crippen LogP contribution in [0.1, 0.15) is 0 Å². The van der Waals surface area contributed by atoms with Gasteiger partial charge in [0.2, 0.25) is 0 Å². The van der Waals surface area contributed by atoms with Crippen LogP contribution >= 0.6 is 11.6 Å². The van der Waals surface area contributed by atoms with Gasteiger partial charge in [0.15, 0.2) is 0 Å². The number of ether oxygens (including phenoxy) is 1. The van der Waals surface area contributed by atoms with Crippen LogP contribution in [0.4, 0.5) is 0 Å². The van der Waals surface area contributed by atoms with Crippen LogP contribution in [0.3, 0.4) is 0 Å². The Kier molecular flexibility index (Phi) is 2.73. The Morgan fingerprint density at radius 2 is 1.83 bits per heavy atom. The number of fused-ring (bicyclic) bond motifs is 1. The largest absolute Gasteiger partial charge is 0.497 e. The average Bonchev–Trinajstić information content (AvgIpc) is 2.84. The highest BCUT2D eigenvalue weighted by Gasteiger charge is 2.05. The molecule has 0 bridgehead atoms. The molecule has 0 aliphatic heterocycles. The van der Waals surface area contributed by atoms with Gasteiger partial charge in [0.25, 0.3) is 0 Å². The number of hydrogen-bond donors (Lipinski definition) is 1. The Hall–Kier alpha value is -1.93. The lowest BCUT2D eigenvalue weighted by Crippen LogP contribution is -1.82. The Morgan fingerprint density at radius 3 is 2.50 bits per heavy atom. The Morgan fingerprint density at radius 1 is 1.06 bits per heavy atom. The second-order valence-corrected chi connectivity index (χ2v) is 4.52. The fourth-order valence-electron chi connectivity index (χ4n) is 2.05. The molecule has 90 valence electrons. The predicted octanol–water partition coefficient (Wildman–Crippen LogP) is 4.50. The van der Waals surface area contributed by atoms with Crippen molar-refractivity contribution in [1.82, 2.24) is 4.98 Å². The van der Waals surface area contributed by atoms with Crippen molar-refractivity contribution in [2.24, 2.45) is 0 Å². The van der Waals surface area contributed by atoms with Crippen LogP contribution in [-0.4, -0.2) is 12.1 Å². The molecular formula is C15H12ClNO. The van der Waals surface area contributed by atoms with Crippen LogP contribution in [0.15, 0.2) is 48.5 Å². The van der Waals surface area contributed by atoms with Gasteiger partial charge < -0.3 is 9.72 Å². The molecule has 0 saturated carbocycles. The number of benzene rings is 2. The quantitative estimate of drug-likeness (QED) is 0.719. The molecule has 0 fully saturated rings. The Labute approximate surface area is 110 Å². The summed E-state index contributed by atoms with van der Waals surface area (Å²) in [7, 11) is 1.66. The third-order valence-corrected chi connectivity index (χ3v) is 3.32. The molecule has 0 radical (unpaired) electrons. The standard InChI is InChI=1S/C15H12ClNO/c1-18-12-7-5-10(6-8-12)14-9-11-3-2-4-13(16)15(11)17-14/h2-9,17H,1H3. The van der Waals surface area contributed by atoms with Gasteiger partial charge in [-0.25, -0.2) is 0 Å². The maximum Gasteiger partial charge on any atom is 0.118 e. The summed E-state index contributed by atoms with van der Waals surface area (Å²) in [5.74, 6) is 0.855. The van der Waals surface area contributed by atoms with Crippen molar-refractivity contribution in [3.63, 3.8) is 0 Å². The number of methoxy groups -OCH3 is 1. The van der Waals surface area contributed by atoms with Gasteiger partial charge in [-0.3, -0.25) is 0 Å². The number of rotatable bonds is 2. The lowest BCUT2D eigenvalue weighted by molar-refractivity contribution is 0.415. The van der Waals surface area contributed by atoms with E-state index in [1.54, 1.807) is 7.11 Å². The normalized spacial score (nSPS) is 10.8. The molecule has 0 amide bonds. The SMILES string of the molecule is COc1ccc(-c2cc3cccc(Cl)c3[nH]2)cc1. The summed E-state index contributed by atoms with van der Waals surface area (Å²) in [6.45, 7) is 0. The number of aromatic nitrogens is 1. The first-order chi connectivity index (χ1) is 8.78. The molecule has 3 rings (SSSR count). The smallest absolute Gasteiger partial charge is 0.118 e. The number of hydrogen-bond acceptors (Lipinski definition) is 1. The van der Waals surface area contributed by atoms with Crippen LogP contribution in [0.2, 0.25) is 5.02 Å². The van der Waals surface area contributed by atoms with Crippen molar-refractivity contribution in [3.8, 4) is 17.0 Å². The van der Waals surface area contributed by atoms with Gasteiger partial charge in [0.1, 0.15) is 5.75 Å². The molecule has 0 aliphatic carbocycles. The zero-order valence-electron chi connectivity index (χ0n) is 9.91. The van der Waals surface area contributed by atoms with Gasteiger partial charge in [-0.15, -0.1) is 0 Å². The zero-order chi connectivity index (χ0) is 12.5. The molecule has 0 spiro atoms. The molecule has 0 unspecified atom stereocenters. The first-order valence-electron chi connectivity index (χ1n) is 5.69. The second-order valence-electron chi connectivity index (χ2n) is 4.12. The number of H-pyrrole nitrogens is 1. The summed E-state index contributed by atoms with van der Waals surface area (Å²) in [5.41, 5.74) is 3.15. The van der Waals surface area contributed by atoms with E-state index in [1.807, 2.05) is 42.5 Å². The van der Waals surface area contributed by atoms with Crippen LogP contribution in [0, 0.1) is 0 Å². The van der Waals surface area contributed by atoms with E-state index in [-0.39, 0.29) is 0 Å². The van der Waals surface area contributed by atoms with Crippen molar-refractivity contribution < 1.29 is 4.74 Å². The minimum absolute atomic E-state index is 0.743. The van der Waals surface area contributed by atoms with Crippen LogP contribution < -0.4 is 4.74 Å². The molecule has 1 aromatic heterocycles. The van der Waals surface area contributed by atoms with Crippen molar-refractivity contribution >= 4 is 22.5 Å². The Balaban J connectivity index is 2.10. The fourth-order valence-corrected chi connectivity index (χ4v) is 2.27. The average molecular weight is 258 g/mol. The molecular weight excluding hydrogens is 246 g/mol. The van der Waals surface area contributed by atoms with Crippen LogP contribution in [-0.2, 0) is 0 Å². The third-order valence-electron chi connectivity index (χ3n) is 3.01. The van der Waals surface area contributed by atoms with Gasteiger partial charge in [-0.2, -0.15) is 0 Å². The minimum atomic E-state index is 0.743. The van der Waals surface area contributed by atoms with Crippen molar-refractivity contribution in [1.29, 1.82) is 0 Å². The van der Waals surface area contributed by atoms with Crippen molar-refractivity contribution in [3.05, 3.63) is 53.6 Å². The lowest BCUT2D eigenvalue weighted by Gasteiger charge is -2.01. The van der Waals surface area contributed by atoms with E-state index in [2.05, 4.69) is 11.1 Å². The monoisotopic (exact) mass is 257 g/mol. The van der Waals surface area contributed by atoms with E-state index in [1.165, 1.54) is 0 Å². The van der Waals surface area contributed by atoms with Crippen molar-refractivity contribution in [2.45, 2.75) is 0 Å². The molecule has 1 heterocycles. The van der Waals surface area contributed by atoms with Crippen molar-refractivity contribution in [2.75, 3.05) is 7.11 Å². The van der Waals surface area contributed by atoms with Gasteiger partial charge in [-0.05, 0) is 42.0 Å². The molecule has 18 heavy (non-hydrogen) atoms. The first kappa shape index (κ1) is 11.2. The van der Waals surface area contributed by atoms with E-state index in [4.69, 9.17) is 16.3 Å².